The Morgan fingerprint density at radius 2 is 2.47 bits per heavy atom. The second kappa shape index (κ2) is 4.64. The van der Waals surface area contributed by atoms with Crippen molar-refractivity contribution in [1.29, 1.82) is 0 Å². The highest BCUT2D eigenvalue weighted by Gasteiger charge is 2.35. The third kappa shape index (κ3) is 2.60. The number of hydrogen-bond donors (Lipinski definition) is 1. The summed E-state index contributed by atoms with van der Waals surface area (Å²) in [6.07, 6.45) is 3.59. The molecule has 0 aliphatic carbocycles. The molecule has 1 aliphatic rings. The average Bonchev–Trinajstić information content (AvgIpc) is 2.71. The average molecular weight is 226 g/mol. The molecule has 2 nitrogen and oxygen atoms in total. The zero-order chi connectivity index (χ0) is 10.7. The van der Waals surface area contributed by atoms with Gasteiger partial charge in [-0.05, 0) is 48.6 Å². The summed E-state index contributed by atoms with van der Waals surface area (Å²) in [5.41, 5.74) is 0.878. The van der Waals surface area contributed by atoms with Crippen LogP contribution in [0.4, 0.5) is 0 Å². The first-order valence-corrected chi connectivity index (χ1v) is 6.48. The molecular formula is C12H18O2S. The Morgan fingerprint density at radius 1 is 1.60 bits per heavy atom. The fraction of sp³-hybridized carbons (Fsp3) is 0.667. The van der Waals surface area contributed by atoms with Gasteiger partial charge in [-0.2, -0.15) is 11.3 Å². The van der Waals surface area contributed by atoms with Crippen molar-refractivity contribution in [1.82, 2.24) is 0 Å². The van der Waals surface area contributed by atoms with Gasteiger partial charge in [-0.3, -0.25) is 0 Å². The number of aliphatic hydroxyl groups is 1. The van der Waals surface area contributed by atoms with Crippen LogP contribution in [-0.2, 0) is 11.2 Å². The molecule has 0 amide bonds. The van der Waals surface area contributed by atoms with Crippen molar-refractivity contribution in [3.05, 3.63) is 22.4 Å². The van der Waals surface area contributed by atoms with Crippen LogP contribution < -0.4 is 0 Å². The van der Waals surface area contributed by atoms with Crippen LogP contribution >= 0.6 is 11.3 Å². The Morgan fingerprint density at radius 3 is 3.07 bits per heavy atom. The number of rotatable bonds is 3. The van der Waals surface area contributed by atoms with E-state index in [4.69, 9.17) is 4.74 Å². The molecule has 1 aromatic heterocycles. The van der Waals surface area contributed by atoms with Crippen molar-refractivity contribution in [3.63, 3.8) is 0 Å². The van der Waals surface area contributed by atoms with E-state index in [1.165, 1.54) is 5.56 Å². The van der Waals surface area contributed by atoms with Crippen LogP contribution in [0.5, 0.6) is 0 Å². The van der Waals surface area contributed by atoms with Gasteiger partial charge in [0.05, 0.1) is 11.7 Å². The third-order valence-corrected chi connectivity index (χ3v) is 3.95. The van der Waals surface area contributed by atoms with Crippen molar-refractivity contribution in [3.8, 4) is 0 Å². The maximum atomic E-state index is 10.2. The molecule has 2 heterocycles. The molecule has 1 fully saturated rings. The van der Waals surface area contributed by atoms with E-state index in [2.05, 4.69) is 11.4 Å². The molecule has 0 saturated carbocycles. The molecule has 15 heavy (non-hydrogen) atoms. The van der Waals surface area contributed by atoms with E-state index in [1.54, 1.807) is 11.3 Å². The molecule has 1 aromatic rings. The molecule has 3 heteroatoms. The lowest BCUT2D eigenvalue weighted by Crippen LogP contribution is -2.45. The molecule has 2 unspecified atom stereocenters. The summed E-state index contributed by atoms with van der Waals surface area (Å²) < 4.78 is 5.73. The van der Waals surface area contributed by atoms with E-state index in [9.17, 15) is 5.11 Å². The monoisotopic (exact) mass is 226 g/mol. The predicted molar refractivity (Wildman–Crippen MR) is 62.2 cm³/mol. The topological polar surface area (TPSA) is 29.5 Å². The van der Waals surface area contributed by atoms with E-state index < -0.39 is 0 Å². The molecule has 1 saturated heterocycles. The van der Waals surface area contributed by atoms with Crippen LogP contribution in [0.1, 0.15) is 31.7 Å². The maximum Gasteiger partial charge on any atom is 0.0915 e. The van der Waals surface area contributed by atoms with Gasteiger partial charge >= 0.3 is 0 Å². The van der Waals surface area contributed by atoms with Gasteiger partial charge in [0.2, 0.25) is 0 Å². The van der Waals surface area contributed by atoms with Crippen molar-refractivity contribution in [2.75, 3.05) is 6.61 Å². The Labute approximate surface area is 94.9 Å². The fourth-order valence-corrected chi connectivity index (χ4v) is 2.75. The molecule has 0 radical (unpaired) electrons. The smallest absolute Gasteiger partial charge is 0.0915 e. The lowest BCUT2D eigenvalue weighted by atomic mass is 9.87. The zero-order valence-electron chi connectivity index (χ0n) is 9.11. The largest absolute Gasteiger partial charge is 0.390 e. The van der Waals surface area contributed by atoms with Crippen LogP contribution in [0.15, 0.2) is 16.8 Å². The Kier molecular flexibility index (Phi) is 3.44. The molecule has 0 spiro atoms. The first kappa shape index (κ1) is 11.1. The highest BCUT2D eigenvalue weighted by molar-refractivity contribution is 7.07. The number of aliphatic hydroxyl groups excluding tert-OH is 1. The van der Waals surface area contributed by atoms with Crippen molar-refractivity contribution in [2.45, 2.75) is 44.3 Å². The van der Waals surface area contributed by atoms with E-state index in [0.717, 1.165) is 25.9 Å². The summed E-state index contributed by atoms with van der Waals surface area (Å²) in [4.78, 5) is 0. The summed E-state index contributed by atoms with van der Waals surface area (Å²) in [6, 6.07) is 2.07. The third-order valence-electron chi connectivity index (χ3n) is 3.21. The summed E-state index contributed by atoms with van der Waals surface area (Å²) in [7, 11) is 0. The zero-order valence-corrected chi connectivity index (χ0v) is 9.93. The number of ether oxygens (including phenoxy) is 1. The molecule has 1 N–H and O–H groups in total. The van der Waals surface area contributed by atoms with E-state index in [-0.39, 0.29) is 11.7 Å². The van der Waals surface area contributed by atoms with E-state index >= 15 is 0 Å². The van der Waals surface area contributed by atoms with Crippen LogP contribution in [-0.4, -0.2) is 23.4 Å². The summed E-state index contributed by atoms with van der Waals surface area (Å²) in [5.74, 6) is 0. The van der Waals surface area contributed by atoms with Crippen molar-refractivity contribution < 1.29 is 9.84 Å². The van der Waals surface area contributed by atoms with Gasteiger partial charge in [0.1, 0.15) is 0 Å². The number of hydrogen-bond acceptors (Lipinski definition) is 3. The normalized spacial score (nSPS) is 28.9. The van der Waals surface area contributed by atoms with Gasteiger partial charge < -0.3 is 9.84 Å². The van der Waals surface area contributed by atoms with Crippen LogP contribution in [0.2, 0.25) is 0 Å². The summed E-state index contributed by atoms with van der Waals surface area (Å²) in [6.45, 7) is 2.82. The number of thiophene rings is 1. The SMILES string of the molecule is CC1(C(O)Cc2ccsc2)CCCCO1. The molecule has 1 aliphatic heterocycles. The second-order valence-corrected chi connectivity index (χ2v) is 5.25. The molecule has 2 rings (SSSR count). The minimum Gasteiger partial charge on any atom is -0.390 e. The van der Waals surface area contributed by atoms with Gasteiger partial charge in [-0.1, -0.05) is 0 Å². The highest BCUT2D eigenvalue weighted by Crippen LogP contribution is 2.29. The summed E-state index contributed by atoms with van der Waals surface area (Å²) in [5, 5.41) is 14.3. The molecule has 2 atom stereocenters. The van der Waals surface area contributed by atoms with Gasteiger partial charge in [0.25, 0.3) is 0 Å². The highest BCUT2D eigenvalue weighted by atomic mass is 32.1. The lowest BCUT2D eigenvalue weighted by molar-refractivity contribution is -0.135. The van der Waals surface area contributed by atoms with Crippen LogP contribution in [0.3, 0.4) is 0 Å². The fourth-order valence-electron chi connectivity index (χ4n) is 2.07. The Hall–Kier alpha value is -0.380. The minimum atomic E-state index is -0.382. The minimum absolute atomic E-state index is 0.333. The van der Waals surface area contributed by atoms with Crippen LogP contribution in [0.25, 0.3) is 0 Å². The van der Waals surface area contributed by atoms with Crippen molar-refractivity contribution in [2.24, 2.45) is 0 Å². The molecule has 0 bridgehead atoms. The standard InChI is InChI=1S/C12H18O2S/c1-12(5-2-3-6-14-12)11(13)8-10-4-7-15-9-10/h4,7,9,11,13H,2-3,5-6,8H2,1H3. The lowest BCUT2D eigenvalue weighted by Gasteiger charge is -2.37. The predicted octanol–water partition coefficient (Wildman–Crippen LogP) is 2.61. The van der Waals surface area contributed by atoms with Gasteiger partial charge in [0, 0.05) is 13.0 Å². The Balaban J connectivity index is 1.97. The molecular weight excluding hydrogens is 208 g/mol. The quantitative estimate of drug-likeness (QED) is 0.858. The molecule has 84 valence electrons. The second-order valence-electron chi connectivity index (χ2n) is 4.47. The molecule has 0 aromatic carbocycles. The Bertz CT molecular complexity index is 289. The first-order chi connectivity index (χ1) is 7.21. The van der Waals surface area contributed by atoms with Crippen LogP contribution in [0, 0.1) is 0 Å². The van der Waals surface area contributed by atoms with Gasteiger partial charge in [-0.25, -0.2) is 0 Å². The maximum absolute atomic E-state index is 10.2. The first-order valence-electron chi connectivity index (χ1n) is 5.54. The van der Waals surface area contributed by atoms with E-state index in [0.29, 0.717) is 6.42 Å². The van der Waals surface area contributed by atoms with Gasteiger partial charge in [-0.15, -0.1) is 0 Å². The van der Waals surface area contributed by atoms with E-state index in [1.807, 2.05) is 12.3 Å². The van der Waals surface area contributed by atoms with Gasteiger partial charge in [0.15, 0.2) is 0 Å². The van der Waals surface area contributed by atoms with Crippen molar-refractivity contribution >= 4 is 11.3 Å². The summed E-state index contributed by atoms with van der Waals surface area (Å²) >= 11 is 1.68.